The Kier molecular flexibility index (Phi) is 22.4. The molecule has 25 aromatic rings. The molecule has 147 heavy (non-hydrogen) atoms. The van der Waals surface area contributed by atoms with E-state index in [2.05, 4.69) is 566 Å². The number of anilines is 9. The van der Waals surface area contributed by atoms with Crippen molar-refractivity contribution in [2.45, 2.75) is 57.8 Å². The van der Waals surface area contributed by atoms with E-state index in [9.17, 15) is 0 Å². The van der Waals surface area contributed by atoms with Gasteiger partial charge in [-0.1, -0.05) is 406 Å². The van der Waals surface area contributed by atoms with Gasteiger partial charge < -0.3 is 19.1 Å². The van der Waals surface area contributed by atoms with Crippen LogP contribution in [0.25, 0.3) is 174 Å². The molecular formula is C141H103N3OS2. The molecule has 700 valence electrons. The largest absolute Gasteiger partial charge is 0.455 e. The second kappa shape index (κ2) is 36.7. The minimum Gasteiger partial charge on any atom is -0.455 e. The fourth-order valence-electron chi connectivity index (χ4n) is 23.4. The summed E-state index contributed by atoms with van der Waals surface area (Å²) >= 11 is 3.79. The van der Waals surface area contributed by atoms with Crippen molar-refractivity contribution in [2.24, 2.45) is 0 Å². The van der Waals surface area contributed by atoms with Crippen molar-refractivity contribution in [2.75, 3.05) is 14.7 Å². The lowest BCUT2D eigenvalue weighted by Crippen LogP contribution is -2.15. The molecule has 0 saturated heterocycles. The molecule has 0 spiro atoms. The second-order valence-electron chi connectivity index (χ2n) is 40.5. The number of hydrogen-bond acceptors (Lipinski definition) is 6. The highest BCUT2D eigenvalue weighted by Gasteiger charge is 2.40. The summed E-state index contributed by atoms with van der Waals surface area (Å²) < 4.78 is 11.9. The maximum absolute atomic E-state index is 6.60. The molecule has 0 radical (unpaired) electrons. The van der Waals surface area contributed by atoms with E-state index in [1.54, 1.807) is 0 Å². The molecule has 3 aliphatic rings. The van der Waals surface area contributed by atoms with Crippen molar-refractivity contribution in [3.05, 3.63) is 549 Å². The second-order valence-corrected chi connectivity index (χ2v) is 42.6. The summed E-state index contributed by atoms with van der Waals surface area (Å²) in [5.74, 6) is 0. The van der Waals surface area contributed by atoms with Gasteiger partial charge in [0.15, 0.2) is 0 Å². The molecular weight excluding hydrogens is 1820 g/mol. The number of furan rings is 1. The van der Waals surface area contributed by atoms with Crippen LogP contribution in [0.1, 0.15) is 74.9 Å². The van der Waals surface area contributed by atoms with Gasteiger partial charge in [0, 0.05) is 135 Å². The Hall–Kier alpha value is -17.5. The molecule has 22 aromatic carbocycles. The lowest BCUT2D eigenvalue weighted by molar-refractivity contribution is 0.660. The summed E-state index contributed by atoms with van der Waals surface area (Å²) in [6.07, 6.45) is 0. The van der Waals surface area contributed by atoms with Gasteiger partial charge in [0.25, 0.3) is 0 Å². The molecule has 0 aliphatic heterocycles. The molecule has 4 nitrogen and oxygen atoms in total. The Morgan fingerprint density at radius 3 is 0.898 bits per heavy atom. The van der Waals surface area contributed by atoms with Crippen LogP contribution in [0, 0.1) is 0 Å². The Labute approximate surface area is 866 Å². The van der Waals surface area contributed by atoms with Crippen molar-refractivity contribution in [3.63, 3.8) is 0 Å². The zero-order chi connectivity index (χ0) is 98.6. The molecule has 6 heteroatoms. The topological polar surface area (TPSA) is 22.9 Å². The molecule has 3 aromatic heterocycles. The van der Waals surface area contributed by atoms with Gasteiger partial charge in [0.2, 0.25) is 0 Å². The van der Waals surface area contributed by atoms with E-state index >= 15 is 0 Å². The Bertz CT molecular complexity index is 9310. The number of rotatable bonds is 16. The number of hydrogen-bond donors (Lipinski definition) is 0. The summed E-state index contributed by atoms with van der Waals surface area (Å²) in [6, 6.07) is 188. The van der Waals surface area contributed by atoms with Crippen LogP contribution in [0.3, 0.4) is 0 Å². The maximum atomic E-state index is 6.60. The van der Waals surface area contributed by atoms with E-state index in [1.807, 2.05) is 28.7 Å². The number of para-hydroxylation sites is 5. The molecule has 3 aliphatic carbocycles. The monoisotopic (exact) mass is 1920 g/mol. The van der Waals surface area contributed by atoms with Crippen molar-refractivity contribution in [1.29, 1.82) is 0 Å². The first-order valence-electron chi connectivity index (χ1n) is 50.9. The van der Waals surface area contributed by atoms with Crippen LogP contribution in [-0.4, -0.2) is 0 Å². The highest BCUT2D eigenvalue weighted by atomic mass is 32.1. The Morgan fingerprint density at radius 2 is 0.469 bits per heavy atom. The molecule has 3 heterocycles. The summed E-state index contributed by atoms with van der Waals surface area (Å²) in [5, 5.41) is 7.44. The van der Waals surface area contributed by atoms with Crippen LogP contribution in [0.4, 0.5) is 51.2 Å². The van der Waals surface area contributed by atoms with Crippen molar-refractivity contribution >= 4 is 136 Å². The molecule has 0 amide bonds. The fraction of sp³-hybridized carbons (Fsp3) is 0.0638. The fourth-order valence-corrected chi connectivity index (χ4v) is 25.8. The Morgan fingerprint density at radius 1 is 0.170 bits per heavy atom. The molecule has 28 rings (SSSR count). The van der Waals surface area contributed by atoms with Gasteiger partial charge in [0.05, 0.1) is 5.69 Å². The summed E-state index contributed by atoms with van der Waals surface area (Å²) in [4.78, 5) is 7.16. The van der Waals surface area contributed by atoms with Crippen molar-refractivity contribution < 1.29 is 4.42 Å². The standard InChI is InChI=1S/C51H37NS.C45H33NO.C45H33NS/c1-51(2)46-22-12-9-20-41(46)42-30-27-37(31-47(42)51)44-32-39(33-45-43-21-11-14-24-49(43)53-50(44)45)52(38-28-25-35(26-29-38)34-15-5-3-6-16-34)48-23-13-10-19-40(48)36-17-7-4-8-18-36;1-45(2)41-19-11-9-17-36(41)37-26-23-31(29-42(37)45)39-27-32(28-40-38-18-10-12-20-43(38)47-44(39)40)30-21-24-35(25-22-30)46(33-13-5-3-6-14-33)34-15-7-4-8-16-34;1-45(2)41-19-11-9-17-36(41)37-26-23-32(27-42(37)45)39-28-35(29-40-38-18-10-12-20-43(38)47-44(39)40)46(33-15-7-4-8-16-33)34-24-21-31(22-25-34)30-13-5-3-6-14-30/h3-33H,1-2H3;2*3-29H,1-2H3. The lowest BCUT2D eigenvalue weighted by Gasteiger charge is -2.29. The van der Waals surface area contributed by atoms with E-state index < -0.39 is 0 Å². The third kappa shape index (κ3) is 15.8. The summed E-state index contributed by atoms with van der Waals surface area (Å²) in [6.45, 7) is 14.1. The van der Waals surface area contributed by atoms with Gasteiger partial charge in [-0.05, 0) is 274 Å². The van der Waals surface area contributed by atoms with Gasteiger partial charge in [-0.3, -0.25) is 0 Å². The number of nitrogens with zero attached hydrogens (tertiary/aromatic N) is 3. The predicted molar refractivity (Wildman–Crippen MR) is 627 cm³/mol. The zero-order valence-electron chi connectivity index (χ0n) is 82.6. The quantitative estimate of drug-likeness (QED) is 0.0962. The third-order valence-electron chi connectivity index (χ3n) is 30.8. The normalized spacial score (nSPS) is 13.0. The first-order valence-corrected chi connectivity index (χ1v) is 52.5. The van der Waals surface area contributed by atoms with Gasteiger partial charge >= 0.3 is 0 Å². The zero-order valence-corrected chi connectivity index (χ0v) is 84.3. The third-order valence-corrected chi connectivity index (χ3v) is 33.2. The van der Waals surface area contributed by atoms with Crippen LogP contribution in [0.5, 0.6) is 0 Å². The maximum Gasteiger partial charge on any atom is 0.143 e. The highest BCUT2D eigenvalue weighted by molar-refractivity contribution is 7.26. The lowest BCUT2D eigenvalue weighted by atomic mass is 9.81. The minimum atomic E-state index is -0.0833. The van der Waals surface area contributed by atoms with Crippen LogP contribution in [0.2, 0.25) is 0 Å². The van der Waals surface area contributed by atoms with E-state index in [-0.39, 0.29) is 16.2 Å². The number of fused-ring (bicyclic) bond motifs is 18. The predicted octanol–water partition coefficient (Wildman–Crippen LogP) is 40.7. The van der Waals surface area contributed by atoms with Gasteiger partial charge in [-0.2, -0.15) is 0 Å². The van der Waals surface area contributed by atoms with Gasteiger partial charge in [-0.15, -0.1) is 22.7 Å². The van der Waals surface area contributed by atoms with Gasteiger partial charge in [0.1, 0.15) is 11.2 Å². The van der Waals surface area contributed by atoms with E-state index in [0.717, 1.165) is 84.3 Å². The van der Waals surface area contributed by atoms with E-state index in [0.29, 0.717) is 0 Å². The molecule has 0 saturated carbocycles. The molecule has 0 atom stereocenters. The average Bonchev–Trinajstić information content (AvgIpc) is 1.59. The first kappa shape index (κ1) is 89.6. The van der Waals surface area contributed by atoms with E-state index in [1.165, 1.54) is 174 Å². The van der Waals surface area contributed by atoms with Crippen molar-refractivity contribution in [1.82, 2.24) is 0 Å². The highest BCUT2D eigenvalue weighted by Crippen LogP contribution is 2.58. The SMILES string of the molecule is CC1(C)c2ccccc2-c2ccc(-c3cc(-c4ccc(N(c5ccccc5)c5ccccc5)cc4)cc4c3oc3ccccc34)cc21.CC1(C)c2ccccc2-c2ccc(-c3cc(N(c4ccc(-c5ccccc5)cc4)c4ccccc4-c4ccccc4)cc4c3sc3ccccc34)cc21.CC1(C)c2ccccc2-c2ccc(-c3cc(N(c4ccccc4)c4ccc(-c5ccccc5)cc4)cc4c3sc3ccccc34)cc21. The van der Waals surface area contributed by atoms with Crippen molar-refractivity contribution in [3.8, 4) is 111 Å². The molecule has 0 bridgehead atoms. The first-order chi connectivity index (χ1) is 72.2. The minimum absolute atomic E-state index is 0.0601. The van der Waals surface area contributed by atoms with E-state index in [4.69, 9.17) is 4.42 Å². The average molecular weight is 1920 g/mol. The number of benzene rings is 22. The Balaban J connectivity index is 0.000000112. The smallest absolute Gasteiger partial charge is 0.143 e. The number of thiophene rings is 2. The molecule has 0 unspecified atom stereocenters. The molecule has 0 fully saturated rings. The summed E-state index contributed by atoms with van der Waals surface area (Å²) in [7, 11) is 0. The van der Waals surface area contributed by atoms with Crippen LogP contribution in [-0.2, 0) is 16.2 Å². The van der Waals surface area contributed by atoms with Crippen LogP contribution in [0.15, 0.2) is 520 Å². The van der Waals surface area contributed by atoms with Crippen LogP contribution < -0.4 is 14.7 Å². The van der Waals surface area contributed by atoms with Gasteiger partial charge in [-0.25, -0.2) is 0 Å². The summed E-state index contributed by atoms with van der Waals surface area (Å²) in [5.41, 5.74) is 45.1. The van der Waals surface area contributed by atoms with Crippen LogP contribution >= 0.6 is 22.7 Å². The molecule has 0 N–H and O–H groups in total.